The second-order valence-corrected chi connectivity index (χ2v) is 12.2. The molecule has 0 atom stereocenters. The van der Waals surface area contributed by atoms with Crippen LogP contribution in [0, 0.1) is 12.2 Å². The molecule has 0 aromatic rings. The average Bonchev–Trinajstić information content (AvgIpc) is 2.81. The Labute approximate surface area is 129 Å². The third kappa shape index (κ3) is 24.1. The zero-order chi connectivity index (χ0) is 11.6. The van der Waals surface area contributed by atoms with E-state index in [9.17, 15) is 0 Å². The van der Waals surface area contributed by atoms with Crippen LogP contribution in [0.15, 0.2) is 36.5 Å². The molecule has 0 bridgehead atoms. The summed E-state index contributed by atoms with van der Waals surface area (Å²) in [6, 6.07) is 0. The SMILES string of the molecule is C[Si](C)(Cl)Cl.[C-]1=CC=CC1.[C-]1=CC=CC1.[Zr+2]. The fourth-order valence-corrected chi connectivity index (χ4v) is 0.680. The zero-order valence-corrected chi connectivity index (χ0v) is 14.6. The molecule has 16 heavy (non-hydrogen) atoms. The molecule has 4 heteroatoms. The van der Waals surface area contributed by atoms with Crippen LogP contribution < -0.4 is 0 Å². The molecule has 86 valence electrons. The first kappa shape index (κ1) is 19.0. The van der Waals surface area contributed by atoms with E-state index in [2.05, 4.69) is 24.3 Å². The van der Waals surface area contributed by atoms with Gasteiger partial charge in [0.1, 0.15) is 0 Å². The monoisotopic (exact) mass is 348 g/mol. The second-order valence-electron chi connectivity index (χ2n) is 3.33. The quantitative estimate of drug-likeness (QED) is 0.335. The molecule has 0 aromatic heterocycles. The van der Waals surface area contributed by atoms with Crippen LogP contribution in [0.5, 0.6) is 0 Å². The van der Waals surface area contributed by atoms with Gasteiger partial charge in [0, 0.05) is 0 Å². The van der Waals surface area contributed by atoms with E-state index in [1.165, 1.54) is 0 Å². The standard InChI is InChI=1S/2C5H5.C2H6Cl2Si.Zr/c2*1-2-4-5-3-1;1-5(2,3)4;/h2*1-3H,4H2;1-2H3;/q2*-1;;+2. The summed E-state index contributed by atoms with van der Waals surface area (Å²) in [4.78, 5) is 0. The van der Waals surface area contributed by atoms with Crippen molar-refractivity contribution in [2.75, 3.05) is 0 Å². The van der Waals surface area contributed by atoms with Crippen molar-refractivity contribution >= 4 is 28.9 Å². The van der Waals surface area contributed by atoms with Crippen LogP contribution in [0.3, 0.4) is 0 Å². The van der Waals surface area contributed by atoms with E-state index in [0.29, 0.717) is 0 Å². The van der Waals surface area contributed by atoms with Crippen LogP contribution in [0.25, 0.3) is 0 Å². The van der Waals surface area contributed by atoms with Crippen molar-refractivity contribution in [3.63, 3.8) is 0 Å². The summed E-state index contributed by atoms with van der Waals surface area (Å²) in [7, 11) is 0. The molecule has 0 unspecified atom stereocenters. The van der Waals surface area contributed by atoms with Crippen molar-refractivity contribution < 1.29 is 26.2 Å². The van der Waals surface area contributed by atoms with Gasteiger partial charge in [-0.3, -0.25) is 12.2 Å². The number of allylic oxidation sites excluding steroid dienone is 8. The van der Waals surface area contributed by atoms with Gasteiger partial charge >= 0.3 is 26.2 Å². The first-order valence-corrected chi connectivity index (χ1v) is 9.84. The molecule has 0 amide bonds. The maximum Gasteiger partial charge on any atom is 2.00 e. The Morgan fingerprint density at radius 1 is 0.938 bits per heavy atom. The van der Waals surface area contributed by atoms with Gasteiger partial charge in [0.15, 0.2) is 0 Å². The van der Waals surface area contributed by atoms with Crippen molar-refractivity contribution in [1.29, 1.82) is 0 Å². The zero-order valence-electron chi connectivity index (χ0n) is 9.63. The van der Waals surface area contributed by atoms with Crippen molar-refractivity contribution in [3.05, 3.63) is 48.6 Å². The first-order valence-electron chi connectivity index (χ1n) is 4.81. The Morgan fingerprint density at radius 3 is 1.31 bits per heavy atom. The predicted octanol–water partition coefficient (Wildman–Crippen LogP) is 4.77. The summed E-state index contributed by atoms with van der Waals surface area (Å²) in [5.41, 5.74) is 0. The fourth-order valence-electron chi connectivity index (χ4n) is 0.680. The topological polar surface area (TPSA) is 0 Å². The molecule has 0 fully saturated rings. The molecule has 0 saturated carbocycles. The van der Waals surface area contributed by atoms with Crippen LogP contribution >= 0.6 is 22.2 Å². The Hall–Kier alpha value is 0.640. The number of rotatable bonds is 0. The molecular formula is C12H16Cl2SiZr. The molecular weight excluding hydrogens is 334 g/mol. The Balaban J connectivity index is 0. The van der Waals surface area contributed by atoms with Crippen LogP contribution in [0.1, 0.15) is 12.8 Å². The smallest absolute Gasteiger partial charge is 0.273 e. The van der Waals surface area contributed by atoms with Crippen molar-refractivity contribution in [1.82, 2.24) is 0 Å². The maximum atomic E-state index is 5.43. The second kappa shape index (κ2) is 12.1. The minimum Gasteiger partial charge on any atom is -0.273 e. The van der Waals surface area contributed by atoms with Gasteiger partial charge in [-0.1, -0.05) is 0 Å². The van der Waals surface area contributed by atoms with Crippen LogP contribution in [-0.2, 0) is 26.2 Å². The Morgan fingerprint density at radius 2 is 1.25 bits per heavy atom. The summed E-state index contributed by atoms with van der Waals surface area (Å²) in [6.07, 6.45) is 20.0. The number of hydrogen-bond donors (Lipinski definition) is 0. The summed E-state index contributed by atoms with van der Waals surface area (Å²) >= 11 is 10.9. The third-order valence-electron chi connectivity index (χ3n) is 1.17. The molecule has 0 saturated heterocycles. The minimum absolute atomic E-state index is 0. The van der Waals surface area contributed by atoms with Gasteiger partial charge in [0.2, 0.25) is 6.69 Å². The van der Waals surface area contributed by atoms with Crippen molar-refractivity contribution in [2.24, 2.45) is 0 Å². The van der Waals surface area contributed by atoms with E-state index in [4.69, 9.17) is 22.2 Å². The third-order valence-corrected chi connectivity index (χ3v) is 1.17. The van der Waals surface area contributed by atoms with Crippen LogP contribution in [-0.4, -0.2) is 6.69 Å². The maximum absolute atomic E-state index is 5.43. The van der Waals surface area contributed by atoms with Crippen LogP contribution in [0.2, 0.25) is 13.1 Å². The van der Waals surface area contributed by atoms with E-state index in [0.717, 1.165) is 12.8 Å². The first-order chi connectivity index (χ1) is 7.00. The molecule has 0 nitrogen and oxygen atoms in total. The average molecular weight is 350 g/mol. The number of hydrogen-bond acceptors (Lipinski definition) is 0. The van der Waals surface area contributed by atoms with Gasteiger partial charge in [-0.15, -0.1) is 35.0 Å². The van der Waals surface area contributed by atoms with Gasteiger partial charge in [-0.2, -0.15) is 12.2 Å². The van der Waals surface area contributed by atoms with E-state index in [1.807, 2.05) is 37.4 Å². The molecule has 2 rings (SSSR count). The van der Waals surface area contributed by atoms with Crippen LogP contribution in [0.4, 0.5) is 0 Å². The number of halogens is 2. The van der Waals surface area contributed by atoms with Crippen molar-refractivity contribution in [2.45, 2.75) is 25.9 Å². The summed E-state index contributed by atoms with van der Waals surface area (Å²) in [5.74, 6) is 0. The van der Waals surface area contributed by atoms with Crippen molar-refractivity contribution in [3.8, 4) is 0 Å². The van der Waals surface area contributed by atoms with E-state index in [-0.39, 0.29) is 26.2 Å². The van der Waals surface area contributed by atoms with Gasteiger partial charge in [-0.05, 0) is 13.1 Å². The molecule has 2 aliphatic rings. The molecule has 0 N–H and O–H groups in total. The summed E-state index contributed by atoms with van der Waals surface area (Å²) in [6.45, 7) is 2.05. The van der Waals surface area contributed by atoms with Gasteiger partial charge in [0.25, 0.3) is 0 Å². The molecule has 0 heterocycles. The van der Waals surface area contributed by atoms with E-state index >= 15 is 0 Å². The van der Waals surface area contributed by atoms with Gasteiger partial charge in [0.05, 0.1) is 0 Å². The summed E-state index contributed by atoms with van der Waals surface area (Å²) in [5, 5.41) is 0. The molecule has 0 aliphatic heterocycles. The minimum atomic E-state index is -1.67. The van der Waals surface area contributed by atoms with Gasteiger partial charge in [-0.25, -0.2) is 24.3 Å². The predicted molar refractivity (Wildman–Crippen MR) is 72.3 cm³/mol. The van der Waals surface area contributed by atoms with E-state index < -0.39 is 6.69 Å². The van der Waals surface area contributed by atoms with Gasteiger partial charge < -0.3 is 0 Å². The molecule has 0 aromatic carbocycles. The molecule has 0 spiro atoms. The van der Waals surface area contributed by atoms with E-state index in [1.54, 1.807) is 0 Å². The largest absolute Gasteiger partial charge is 2.00 e. The fraction of sp³-hybridized carbons (Fsp3) is 0.333. The molecule has 2 aliphatic carbocycles. The normalized spacial score (nSPS) is 14.8. The Kier molecular flexibility index (Phi) is 14.4. The summed E-state index contributed by atoms with van der Waals surface area (Å²) < 4.78 is 0. The Bertz CT molecular complexity index is 215. The molecule has 0 radical (unpaired) electrons.